The molecule has 0 amide bonds. The van der Waals surface area contributed by atoms with Crippen LogP contribution in [0.5, 0.6) is 0 Å². The van der Waals surface area contributed by atoms with Gasteiger partial charge in [0.05, 0.1) is 10.4 Å². The molecule has 1 atom stereocenters. The van der Waals surface area contributed by atoms with Gasteiger partial charge in [-0.3, -0.25) is 0 Å². The molecule has 0 saturated carbocycles. The van der Waals surface area contributed by atoms with E-state index in [-0.39, 0.29) is 0 Å². The lowest BCUT2D eigenvalue weighted by Gasteiger charge is -2.49. The van der Waals surface area contributed by atoms with E-state index < -0.39 is 19.8 Å². The van der Waals surface area contributed by atoms with Gasteiger partial charge in [-0.1, -0.05) is 17.7 Å². The van der Waals surface area contributed by atoms with Crippen LogP contribution >= 0.6 is 23.5 Å². The van der Waals surface area contributed by atoms with Crippen molar-refractivity contribution in [3.05, 3.63) is 29.8 Å². The minimum atomic E-state index is -3.53. The maximum Gasteiger partial charge on any atom is 0.243 e. The molecule has 2 saturated heterocycles. The van der Waals surface area contributed by atoms with Crippen LogP contribution in [0.3, 0.4) is 0 Å². The van der Waals surface area contributed by atoms with Crippen molar-refractivity contribution in [3.8, 4) is 0 Å². The summed E-state index contributed by atoms with van der Waals surface area (Å²) in [5.41, 5.74) is 0.520. The first-order chi connectivity index (χ1) is 11.4. The second kappa shape index (κ2) is 6.83. The van der Waals surface area contributed by atoms with Crippen molar-refractivity contribution in [3.63, 3.8) is 0 Å². The number of hydrogen-bond donors (Lipinski definition) is 0. The van der Waals surface area contributed by atoms with E-state index in [1.807, 2.05) is 19.1 Å². The van der Waals surface area contributed by atoms with Gasteiger partial charge < -0.3 is 4.74 Å². The Bertz CT molecular complexity index is 684. The Labute approximate surface area is 153 Å². The van der Waals surface area contributed by atoms with E-state index in [0.717, 1.165) is 36.3 Å². The second-order valence-electron chi connectivity index (χ2n) is 6.58. The van der Waals surface area contributed by atoms with Gasteiger partial charge in [-0.2, -0.15) is 4.31 Å². The van der Waals surface area contributed by atoms with Crippen LogP contribution in [0.4, 0.5) is 0 Å². The van der Waals surface area contributed by atoms with Crippen molar-refractivity contribution in [1.29, 1.82) is 0 Å². The van der Waals surface area contributed by atoms with Crippen molar-refractivity contribution < 1.29 is 13.2 Å². The zero-order valence-corrected chi connectivity index (χ0v) is 16.9. The molecule has 4 nitrogen and oxygen atoms in total. The number of thioether (sulfide) groups is 2. The Balaban J connectivity index is 2.01. The number of hydrogen-bond acceptors (Lipinski definition) is 5. The van der Waals surface area contributed by atoms with E-state index in [0.29, 0.717) is 11.4 Å². The van der Waals surface area contributed by atoms with Crippen LogP contribution < -0.4 is 0 Å². The van der Waals surface area contributed by atoms with Gasteiger partial charge in [0.25, 0.3) is 0 Å². The highest BCUT2D eigenvalue weighted by Crippen LogP contribution is 2.56. The van der Waals surface area contributed by atoms with E-state index in [2.05, 4.69) is 6.92 Å². The maximum atomic E-state index is 13.3. The largest absolute Gasteiger partial charge is 0.356 e. The smallest absolute Gasteiger partial charge is 0.243 e. The summed E-state index contributed by atoms with van der Waals surface area (Å²) in [5, 5.41) is 0. The lowest BCUT2D eigenvalue weighted by atomic mass is 10.0. The number of benzene rings is 1. The van der Waals surface area contributed by atoms with Crippen molar-refractivity contribution in [2.45, 2.75) is 47.8 Å². The lowest BCUT2D eigenvalue weighted by molar-refractivity contribution is 0.0398. The van der Waals surface area contributed by atoms with E-state index in [9.17, 15) is 8.42 Å². The van der Waals surface area contributed by atoms with E-state index in [4.69, 9.17) is 4.74 Å². The Morgan fingerprint density at radius 1 is 1.12 bits per heavy atom. The minimum Gasteiger partial charge on any atom is -0.356 e. The van der Waals surface area contributed by atoms with Gasteiger partial charge in [-0.25, -0.2) is 8.42 Å². The third-order valence-electron chi connectivity index (χ3n) is 4.99. The Morgan fingerprint density at radius 2 is 1.75 bits per heavy atom. The standard InChI is InChI=1S/C17H25NO3S3/c1-14-6-8-15(9-7-14)24(19,20)18-11-4-10-16(18,2)17(21-3)22-12-5-13-23-17/h6-9H,4-5,10-13H2,1-3H3. The number of aryl methyl sites for hydroxylation is 1. The molecule has 2 aliphatic rings. The summed E-state index contributed by atoms with van der Waals surface area (Å²) in [6.07, 6.45) is 2.83. The maximum absolute atomic E-state index is 13.3. The molecule has 134 valence electrons. The van der Waals surface area contributed by atoms with E-state index >= 15 is 0 Å². The molecule has 0 radical (unpaired) electrons. The number of rotatable bonds is 4. The molecule has 2 fully saturated rings. The molecule has 0 bridgehead atoms. The van der Waals surface area contributed by atoms with Crippen molar-refractivity contribution >= 4 is 33.5 Å². The highest BCUT2D eigenvalue weighted by molar-refractivity contribution is 8.18. The monoisotopic (exact) mass is 387 g/mol. The number of nitrogens with zero attached hydrogens (tertiary/aromatic N) is 1. The van der Waals surface area contributed by atoms with Crippen LogP contribution in [0.15, 0.2) is 29.2 Å². The molecule has 3 rings (SSSR count). The summed E-state index contributed by atoms with van der Waals surface area (Å²) < 4.78 is 33.8. The molecule has 7 heteroatoms. The topological polar surface area (TPSA) is 46.6 Å². The molecule has 24 heavy (non-hydrogen) atoms. The van der Waals surface area contributed by atoms with Crippen LogP contribution in [0.25, 0.3) is 0 Å². The van der Waals surface area contributed by atoms with Crippen molar-refractivity contribution in [2.24, 2.45) is 0 Å². The first-order valence-corrected chi connectivity index (χ1v) is 11.7. The predicted molar refractivity (Wildman–Crippen MR) is 102 cm³/mol. The Morgan fingerprint density at radius 3 is 2.33 bits per heavy atom. The molecule has 0 N–H and O–H groups in total. The molecule has 2 aliphatic heterocycles. The summed E-state index contributed by atoms with van der Waals surface area (Å²) in [7, 11) is -1.82. The van der Waals surface area contributed by atoms with Gasteiger partial charge in [0.15, 0.2) is 4.27 Å². The molecular weight excluding hydrogens is 362 g/mol. The Kier molecular flexibility index (Phi) is 5.29. The molecule has 1 unspecified atom stereocenters. The van der Waals surface area contributed by atoms with Gasteiger partial charge in [0, 0.05) is 13.7 Å². The molecule has 2 heterocycles. The van der Waals surface area contributed by atoms with Crippen molar-refractivity contribution in [1.82, 2.24) is 4.31 Å². The number of ether oxygens (including phenoxy) is 1. The SMILES string of the molecule is COC1(C2(C)CCCN2S(=O)(=O)c2ccc(C)cc2)SCCCS1. The molecule has 0 aromatic heterocycles. The lowest BCUT2D eigenvalue weighted by Crippen LogP contribution is -2.59. The fourth-order valence-electron chi connectivity index (χ4n) is 3.63. The van der Waals surface area contributed by atoms with Gasteiger partial charge in [0.1, 0.15) is 0 Å². The van der Waals surface area contributed by atoms with Crippen molar-refractivity contribution in [2.75, 3.05) is 25.2 Å². The van der Waals surface area contributed by atoms with Gasteiger partial charge >= 0.3 is 0 Å². The van der Waals surface area contributed by atoms with Gasteiger partial charge in [-0.05, 0) is 56.7 Å². The summed E-state index contributed by atoms with van der Waals surface area (Å²) in [6, 6.07) is 7.14. The summed E-state index contributed by atoms with van der Waals surface area (Å²) >= 11 is 3.52. The molecule has 1 aromatic carbocycles. The second-order valence-corrected chi connectivity index (χ2v) is 11.2. The van der Waals surface area contributed by atoms with Crippen LogP contribution in [0, 0.1) is 6.92 Å². The fraction of sp³-hybridized carbons (Fsp3) is 0.647. The molecule has 0 spiro atoms. The summed E-state index contributed by atoms with van der Waals surface area (Å²) in [4.78, 5) is 0.373. The first-order valence-electron chi connectivity index (χ1n) is 8.28. The molecule has 0 aliphatic carbocycles. The Hall–Kier alpha value is -0.210. The molecular formula is C17H25NO3S3. The van der Waals surface area contributed by atoms with Crippen LogP contribution in [-0.4, -0.2) is 47.7 Å². The zero-order valence-electron chi connectivity index (χ0n) is 14.4. The van der Waals surface area contributed by atoms with E-state index in [1.54, 1.807) is 47.1 Å². The normalized spacial score (nSPS) is 28.1. The van der Waals surface area contributed by atoms with E-state index in [1.165, 1.54) is 0 Å². The summed E-state index contributed by atoms with van der Waals surface area (Å²) in [6.45, 7) is 4.57. The van der Waals surface area contributed by atoms with Gasteiger partial charge in [0.2, 0.25) is 10.0 Å². The zero-order chi connectivity index (χ0) is 17.4. The minimum absolute atomic E-state index is 0.373. The average Bonchev–Trinajstić information content (AvgIpc) is 3.00. The third kappa shape index (κ3) is 2.92. The molecule has 1 aromatic rings. The number of sulfonamides is 1. The highest BCUT2D eigenvalue weighted by atomic mass is 32.2. The quantitative estimate of drug-likeness (QED) is 0.788. The fourth-order valence-corrected chi connectivity index (χ4v) is 9.01. The predicted octanol–water partition coefficient (Wildman–Crippen LogP) is 3.71. The average molecular weight is 388 g/mol. The summed E-state index contributed by atoms with van der Waals surface area (Å²) in [5.74, 6) is 2.02. The highest BCUT2D eigenvalue weighted by Gasteiger charge is 2.59. The van der Waals surface area contributed by atoms with Crippen LogP contribution in [0.2, 0.25) is 0 Å². The van der Waals surface area contributed by atoms with Gasteiger partial charge in [-0.15, -0.1) is 23.5 Å². The first kappa shape index (κ1) is 18.6. The number of methoxy groups -OCH3 is 1. The van der Waals surface area contributed by atoms with Crippen LogP contribution in [0.1, 0.15) is 31.7 Å². The third-order valence-corrected chi connectivity index (χ3v) is 10.7. The van der Waals surface area contributed by atoms with Crippen LogP contribution in [-0.2, 0) is 14.8 Å².